The molecular weight excluding hydrogens is 318 g/mol. The summed E-state index contributed by atoms with van der Waals surface area (Å²) in [5, 5.41) is 13.0. The summed E-state index contributed by atoms with van der Waals surface area (Å²) in [6.45, 7) is 1.74. The predicted molar refractivity (Wildman–Crippen MR) is 106 cm³/mol. The van der Waals surface area contributed by atoms with Gasteiger partial charge in [0.05, 0.1) is 17.7 Å². The van der Waals surface area contributed by atoms with Crippen molar-refractivity contribution in [3.05, 3.63) is 89.5 Å². The van der Waals surface area contributed by atoms with Gasteiger partial charge in [-0.3, -0.25) is 4.90 Å². The molecule has 0 amide bonds. The number of nitriles is 1. The Labute approximate surface area is 154 Å². The highest BCUT2D eigenvalue weighted by Gasteiger charge is 2.22. The molecule has 3 aromatic carbocycles. The van der Waals surface area contributed by atoms with Crippen LogP contribution in [-0.4, -0.2) is 18.5 Å². The summed E-state index contributed by atoms with van der Waals surface area (Å²) >= 11 is 0. The van der Waals surface area contributed by atoms with E-state index in [4.69, 9.17) is 0 Å². The molecule has 0 saturated carbocycles. The lowest BCUT2D eigenvalue weighted by molar-refractivity contribution is 0.252. The highest BCUT2D eigenvalue weighted by atomic mass is 15.2. The van der Waals surface area contributed by atoms with E-state index >= 15 is 0 Å². The van der Waals surface area contributed by atoms with Gasteiger partial charge in [-0.15, -0.1) is 0 Å². The molecule has 26 heavy (non-hydrogen) atoms. The number of hydrogen-bond acceptors (Lipinski definition) is 3. The van der Waals surface area contributed by atoms with Crippen LogP contribution in [0.1, 0.15) is 22.7 Å². The minimum atomic E-state index is 0.332. The van der Waals surface area contributed by atoms with E-state index in [9.17, 15) is 5.26 Å². The molecule has 3 aromatic rings. The molecular formula is C23H21N3. The Balaban J connectivity index is 1.68. The third kappa shape index (κ3) is 3.08. The molecule has 0 bridgehead atoms. The SMILES string of the molecule is CN1Cc2cc(-c3ccccc3C#N)ccc2NCC1c1ccccc1. The third-order valence-electron chi connectivity index (χ3n) is 5.09. The Kier molecular flexibility index (Phi) is 4.43. The van der Waals surface area contributed by atoms with Crippen LogP contribution in [0.15, 0.2) is 72.8 Å². The second-order valence-electron chi connectivity index (χ2n) is 6.75. The fourth-order valence-electron chi connectivity index (χ4n) is 3.69. The number of benzene rings is 3. The summed E-state index contributed by atoms with van der Waals surface area (Å²) in [4.78, 5) is 2.38. The maximum atomic E-state index is 9.40. The summed E-state index contributed by atoms with van der Waals surface area (Å²) in [7, 11) is 2.17. The van der Waals surface area contributed by atoms with Gasteiger partial charge in [0.1, 0.15) is 0 Å². The molecule has 128 valence electrons. The van der Waals surface area contributed by atoms with Crippen LogP contribution in [0.4, 0.5) is 5.69 Å². The van der Waals surface area contributed by atoms with Crippen molar-refractivity contribution in [3.63, 3.8) is 0 Å². The summed E-state index contributed by atoms with van der Waals surface area (Å²) in [5.74, 6) is 0. The molecule has 3 heteroatoms. The van der Waals surface area contributed by atoms with Gasteiger partial charge in [-0.2, -0.15) is 5.26 Å². The lowest BCUT2D eigenvalue weighted by Crippen LogP contribution is -2.26. The van der Waals surface area contributed by atoms with Crippen LogP contribution >= 0.6 is 0 Å². The highest BCUT2D eigenvalue weighted by molar-refractivity contribution is 5.73. The quantitative estimate of drug-likeness (QED) is 0.727. The second kappa shape index (κ2) is 7.03. The van der Waals surface area contributed by atoms with Gasteiger partial charge in [0.15, 0.2) is 0 Å². The molecule has 1 N–H and O–H groups in total. The lowest BCUT2D eigenvalue weighted by Gasteiger charge is -2.25. The summed E-state index contributed by atoms with van der Waals surface area (Å²) in [6, 6.07) is 27.5. The molecule has 1 heterocycles. The zero-order valence-corrected chi connectivity index (χ0v) is 14.8. The normalized spacial score (nSPS) is 16.8. The zero-order valence-electron chi connectivity index (χ0n) is 14.8. The van der Waals surface area contributed by atoms with Crippen LogP contribution < -0.4 is 5.32 Å². The van der Waals surface area contributed by atoms with E-state index < -0.39 is 0 Å². The van der Waals surface area contributed by atoms with Crippen molar-refractivity contribution in [2.75, 3.05) is 18.9 Å². The molecule has 0 fully saturated rings. The van der Waals surface area contributed by atoms with Crippen molar-refractivity contribution in [1.82, 2.24) is 4.90 Å². The fraction of sp³-hybridized carbons (Fsp3) is 0.174. The molecule has 0 saturated heterocycles. The van der Waals surface area contributed by atoms with Crippen molar-refractivity contribution < 1.29 is 0 Å². The van der Waals surface area contributed by atoms with Gasteiger partial charge >= 0.3 is 0 Å². The van der Waals surface area contributed by atoms with Gasteiger partial charge in [0, 0.05) is 18.8 Å². The first-order chi connectivity index (χ1) is 12.8. The van der Waals surface area contributed by atoms with Crippen molar-refractivity contribution in [1.29, 1.82) is 5.26 Å². The largest absolute Gasteiger partial charge is 0.383 e. The monoisotopic (exact) mass is 339 g/mol. The second-order valence-corrected chi connectivity index (χ2v) is 6.75. The van der Waals surface area contributed by atoms with Gasteiger partial charge in [-0.25, -0.2) is 0 Å². The van der Waals surface area contributed by atoms with Crippen molar-refractivity contribution >= 4 is 5.69 Å². The van der Waals surface area contributed by atoms with Gasteiger partial charge in [0.2, 0.25) is 0 Å². The third-order valence-corrected chi connectivity index (χ3v) is 5.09. The Bertz CT molecular complexity index is 957. The first-order valence-corrected chi connectivity index (χ1v) is 8.88. The molecule has 0 aliphatic carbocycles. The van der Waals surface area contributed by atoms with Crippen LogP contribution in [0, 0.1) is 11.3 Å². The van der Waals surface area contributed by atoms with Gasteiger partial charge in [-0.05, 0) is 47.5 Å². The Hall–Kier alpha value is -3.09. The van der Waals surface area contributed by atoms with E-state index in [1.807, 2.05) is 24.3 Å². The molecule has 0 radical (unpaired) electrons. The van der Waals surface area contributed by atoms with Crippen LogP contribution in [-0.2, 0) is 6.54 Å². The number of fused-ring (bicyclic) bond motifs is 1. The molecule has 1 unspecified atom stereocenters. The van der Waals surface area contributed by atoms with Crippen LogP contribution in [0.5, 0.6) is 0 Å². The molecule has 3 nitrogen and oxygen atoms in total. The molecule has 0 aromatic heterocycles. The van der Waals surface area contributed by atoms with E-state index in [2.05, 4.69) is 71.9 Å². The van der Waals surface area contributed by atoms with Crippen molar-refractivity contribution in [3.8, 4) is 17.2 Å². The van der Waals surface area contributed by atoms with E-state index in [0.717, 1.165) is 24.2 Å². The van der Waals surface area contributed by atoms with Crippen molar-refractivity contribution in [2.24, 2.45) is 0 Å². The Morgan fingerprint density at radius 1 is 1.00 bits per heavy atom. The van der Waals surface area contributed by atoms with Crippen molar-refractivity contribution in [2.45, 2.75) is 12.6 Å². The van der Waals surface area contributed by atoms with Gasteiger partial charge in [0.25, 0.3) is 0 Å². The smallest absolute Gasteiger partial charge is 0.0998 e. The van der Waals surface area contributed by atoms with Gasteiger partial charge < -0.3 is 5.32 Å². The molecule has 1 aliphatic rings. The molecule has 1 atom stereocenters. The highest BCUT2D eigenvalue weighted by Crippen LogP contribution is 2.32. The summed E-state index contributed by atoms with van der Waals surface area (Å²) in [6.07, 6.45) is 0. The maximum absolute atomic E-state index is 9.40. The Morgan fingerprint density at radius 2 is 1.77 bits per heavy atom. The minimum Gasteiger partial charge on any atom is -0.383 e. The standard InChI is InChI=1S/C23H21N3/c1-26-16-20-13-18(21-10-6-5-9-19(21)14-24)11-12-22(20)25-15-23(26)17-7-3-2-4-8-17/h2-13,23,25H,15-16H2,1H3. The number of nitrogens with zero attached hydrogens (tertiary/aromatic N) is 2. The minimum absolute atomic E-state index is 0.332. The average molecular weight is 339 g/mol. The van der Waals surface area contributed by atoms with Crippen LogP contribution in [0.2, 0.25) is 0 Å². The number of rotatable bonds is 2. The van der Waals surface area contributed by atoms with E-state index in [1.54, 1.807) is 0 Å². The number of nitrogens with one attached hydrogen (secondary N) is 1. The van der Waals surface area contributed by atoms with Crippen LogP contribution in [0.25, 0.3) is 11.1 Å². The Morgan fingerprint density at radius 3 is 2.58 bits per heavy atom. The number of likely N-dealkylation sites (N-methyl/N-ethyl adjacent to an activating group) is 1. The predicted octanol–water partition coefficient (Wildman–Crippen LogP) is 4.82. The zero-order chi connectivity index (χ0) is 17.9. The lowest BCUT2D eigenvalue weighted by atomic mass is 9.98. The van der Waals surface area contributed by atoms with Crippen LogP contribution in [0.3, 0.4) is 0 Å². The molecule has 1 aliphatic heterocycles. The first-order valence-electron chi connectivity index (χ1n) is 8.88. The first kappa shape index (κ1) is 16.4. The molecule has 0 spiro atoms. The van der Waals surface area contributed by atoms with E-state index in [-0.39, 0.29) is 0 Å². The molecule has 4 rings (SSSR count). The topological polar surface area (TPSA) is 39.1 Å². The summed E-state index contributed by atoms with van der Waals surface area (Å²) < 4.78 is 0. The van der Waals surface area contributed by atoms with E-state index in [0.29, 0.717) is 11.6 Å². The fourth-order valence-corrected chi connectivity index (χ4v) is 3.69. The average Bonchev–Trinajstić information content (AvgIpc) is 2.86. The maximum Gasteiger partial charge on any atom is 0.0998 e. The van der Waals surface area contributed by atoms with Gasteiger partial charge in [-0.1, -0.05) is 54.6 Å². The van der Waals surface area contributed by atoms with E-state index in [1.165, 1.54) is 16.8 Å². The number of anilines is 1. The summed E-state index contributed by atoms with van der Waals surface area (Å²) in [5.41, 5.74) is 6.55. The number of hydrogen-bond donors (Lipinski definition) is 1.